The van der Waals surface area contributed by atoms with Crippen LogP contribution in [0.25, 0.3) is 0 Å². The minimum atomic E-state index is -1.07. The first-order valence-corrected chi connectivity index (χ1v) is 10.9. The van der Waals surface area contributed by atoms with E-state index in [2.05, 4.69) is 10.2 Å². The van der Waals surface area contributed by atoms with Gasteiger partial charge in [-0.15, -0.1) is 0 Å². The number of hydrogen-bond acceptors (Lipinski definition) is 6. The molecule has 1 saturated heterocycles. The Morgan fingerprint density at radius 3 is 2.74 bits per heavy atom. The van der Waals surface area contributed by atoms with Crippen LogP contribution in [0, 0.1) is 0 Å². The average Bonchev–Trinajstić information content (AvgIpc) is 3.00. The Morgan fingerprint density at radius 1 is 1.23 bits per heavy atom. The molecule has 2 aromatic carbocycles. The number of guanidine groups is 1. The molecule has 7 heteroatoms. The normalized spacial score (nSPS) is 20.7. The molecule has 1 fully saturated rings. The summed E-state index contributed by atoms with van der Waals surface area (Å²) in [5.41, 5.74) is 2.23. The minimum Gasteiger partial charge on any atom is -0.383 e. The number of nitrogens with zero attached hydrogens (tertiary/aromatic N) is 3. The zero-order valence-corrected chi connectivity index (χ0v) is 18.1. The van der Waals surface area contributed by atoms with Gasteiger partial charge < -0.3 is 25.3 Å². The van der Waals surface area contributed by atoms with Crippen LogP contribution in [-0.4, -0.2) is 57.3 Å². The summed E-state index contributed by atoms with van der Waals surface area (Å²) < 4.78 is 0. The van der Waals surface area contributed by atoms with Crippen molar-refractivity contribution in [1.29, 1.82) is 0 Å². The molecule has 0 aliphatic carbocycles. The topological polar surface area (TPSA) is 88.4 Å². The highest BCUT2D eigenvalue weighted by molar-refractivity contribution is 5.99. The second-order valence-corrected chi connectivity index (χ2v) is 8.43. The van der Waals surface area contributed by atoms with Gasteiger partial charge in [0.2, 0.25) is 5.96 Å². The number of carbonyl (C=O) groups excluding carboxylic acids is 1. The van der Waals surface area contributed by atoms with Gasteiger partial charge in [-0.3, -0.25) is 4.79 Å². The summed E-state index contributed by atoms with van der Waals surface area (Å²) in [5, 5.41) is 24.3. The molecule has 0 saturated carbocycles. The first-order chi connectivity index (χ1) is 14.9. The molecule has 2 heterocycles. The number of aliphatic hydroxyl groups is 2. The van der Waals surface area contributed by atoms with Crippen LogP contribution in [0.1, 0.15) is 37.3 Å². The van der Waals surface area contributed by atoms with Gasteiger partial charge in [0.15, 0.2) is 5.72 Å². The molecule has 2 unspecified atom stereocenters. The fourth-order valence-electron chi connectivity index (χ4n) is 4.25. The SMILES string of the molecule is CCCCC(O)C(=O)Nc1cccc2c1N=C1N(C2)CC(O)(Cc2ccccc2)N1C. The highest BCUT2D eigenvalue weighted by atomic mass is 16.3. The zero-order chi connectivity index (χ0) is 22.0. The summed E-state index contributed by atoms with van der Waals surface area (Å²) in [6.45, 7) is 3.07. The number of anilines is 1. The van der Waals surface area contributed by atoms with Crippen LogP contribution in [0.3, 0.4) is 0 Å². The van der Waals surface area contributed by atoms with Crippen LogP contribution in [0.2, 0.25) is 0 Å². The molecule has 2 aliphatic heterocycles. The second-order valence-electron chi connectivity index (χ2n) is 8.43. The third-order valence-electron chi connectivity index (χ3n) is 6.07. The van der Waals surface area contributed by atoms with E-state index in [1.165, 1.54) is 0 Å². The summed E-state index contributed by atoms with van der Waals surface area (Å²) in [6.07, 6.45) is 1.61. The van der Waals surface area contributed by atoms with E-state index in [1.807, 2.05) is 61.3 Å². The number of carbonyl (C=O) groups is 1. The molecule has 2 aromatic rings. The predicted octanol–water partition coefficient (Wildman–Crippen LogP) is 2.86. The van der Waals surface area contributed by atoms with Crippen molar-refractivity contribution in [3.63, 3.8) is 0 Å². The van der Waals surface area contributed by atoms with E-state index >= 15 is 0 Å². The third kappa shape index (κ3) is 4.29. The van der Waals surface area contributed by atoms with E-state index < -0.39 is 17.7 Å². The maximum Gasteiger partial charge on any atom is 0.253 e. The Bertz CT molecular complexity index is 978. The molecule has 0 aromatic heterocycles. The van der Waals surface area contributed by atoms with Crippen molar-refractivity contribution in [2.45, 2.75) is 51.0 Å². The number of aliphatic imine (C=N–C) groups is 1. The lowest BCUT2D eigenvalue weighted by molar-refractivity contribution is -0.124. The van der Waals surface area contributed by atoms with Crippen molar-refractivity contribution in [2.24, 2.45) is 4.99 Å². The van der Waals surface area contributed by atoms with E-state index in [0.717, 1.165) is 24.0 Å². The van der Waals surface area contributed by atoms with E-state index in [0.29, 0.717) is 43.3 Å². The molecule has 164 valence electrons. The smallest absolute Gasteiger partial charge is 0.253 e. The van der Waals surface area contributed by atoms with Crippen molar-refractivity contribution >= 4 is 23.2 Å². The summed E-state index contributed by atoms with van der Waals surface area (Å²) in [6, 6.07) is 15.6. The van der Waals surface area contributed by atoms with E-state index in [9.17, 15) is 15.0 Å². The number of para-hydroxylation sites is 1. The van der Waals surface area contributed by atoms with Crippen LogP contribution >= 0.6 is 0 Å². The summed E-state index contributed by atoms with van der Waals surface area (Å²) >= 11 is 0. The first kappa shape index (κ1) is 21.3. The number of likely N-dealkylation sites (N-methyl/N-ethyl adjacent to an activating group) is 1. The first-order valence-electron chi connectivity index (χ1n) is 10.9. The number of nitrogens with one attached hydrogen (secondary N) is 1. The number of hydrogen-bond donors (Lipinski definition) is 3. The van der Waals surface area contributed by atoms with Crippen LogP contribution < -0.4 is 5.32 Å². The molecule has 0 spiro atoms. The van der Waals surface area contributed by atoms with Crippen LogP contribution in [0.5, 0.6) is 0 Å². The molecular formula is C24H30N4O3. The Morgan fingerprint density at radius 2 is 2.00 bits per heavy atom. The lowest BCUT2D eigenvalue weighted by Gasteiger charge is -2.30. The van der Waals surface area contributed by atoms with Gasteiger partial charge in [0.25, 0.3) is 5.91 Å². The number of fused-ring (bicyclic) bond motifs is 2. The van der Waals surface area contributed by atoms with Crippen molar-refractivity contribution < 1.29 is 15.0 Å². The van der Waals surface area contributed by atoms with E-state index in [1.54, 1.807) is 6.07 Å². The molecule has 31 heavy (non-hydrogen) atoms. The number of amides is 1. The highest BCUT2D eigenvalue weighted by Gasteiger charge is 2.46. The number of rotatable bonds is 7. The molecule has 0 bridgehead atoms. The van der Waals surface area contributed by atoms with Gasteiger partial charge in [-0.1, -0.05) is 62.2 Å². The van der Waals surface area contributed by atoms with Gasteiger partial charge in [-0.25, -0.2) is 4.99 Å². The summed E-state index contributed by atoms with van der Waals surface area (Å²) in [7, 11) is 1.85. The van der Waals surface area contributed by atoms with Crippen molar-refractivity contribution in [3.8, 4) is 0 Å². The summed E-state index contributed by atoms with van der Waals surface area (Å²) in [5.74, 6) is 0.268. The fourth-order valence-corrected chi connectivity index (χ4v) is 4.25. The maximum atomic E-state index is 12.4. The monoisotopic (exact) mass is 422 g/mol. The van der Waals surface area contributed by atoms with Gasteiger partial charge in [0.05, 0.1) is 17.9 Å². The second kappa shape index (κ2) is 8.69. The standard InChI is InChI=1S/C24H30N4O3/c1-3-4-13-20(29)22(30)25-19-12-8-11-18-15-28-16-24(31,14-17-9-6-5-7-10-17)27(2)23(28)26-21(18)19/h5-12,20,29,31H,3-4,13-16H2,1-2H3,(H,25,30). The van der Waals surface area contributed by atoms with Crippen LogP contribution in [-0.2, 0) is 17.8 Å². The third-order valence-corrected chi connectivity index (χ3v) is 6.07. The molecule has 2 atom stereocenters. The molecule has 7 nitrogen and oxygen atoms in total. The number of benzene rings is 2. The van der Waals surface area contributed by atoms with Crippen LogP contribution in [0.15, 0.2) is 53.5 Å². The van der Waals surface area contributed by atoms with Gasteiger partial charge in [-0.05, 0) is 23.6 Å². The van der Waals surface area contributed by atoms with Gasteiger partial charge in [0, 0.05) is 20.0 Å². The van der Waals surface area contributed by atoms with E-state index in [-0.39, 0.29) is 0 Å². The minimum absolute atomic E-state index is 0.412. The van der Waals surface area contributed by atoms with Crippen molar-refractivity contribution in [1.82, 2.24) is 9.80 Å². The molecule has 1 amide bonds. The van der Waals surface area contributed by atoms with Crippen molar-refractivity contribution in [2.75, 3.05) is 18.9 Å². The Balaban J connectivity index is 1.57. The lowest BCUT2D eigenvalue weighted by atomic mass is 10.0. The van der Waals surface area contributed by atoms with Gasteiger partial charge in [-0.2, -0.15) is 0 Å². The Hall–Kier alpha value is -2.90. The molecule has 0 radical (unpaired) electrons. The quantitative estimate of drug-likeness (QED) is 0.639. The molecule has 4 rings (SSSR count). The Labute approximate surface area is 183 Å². The van der Waals surface area contributed by atoms with Crippen molar-refractivity contribution in [3.05, 3.63) is 59.7 Å². The van der Waals surface area contributed by atoms with Gasteiger partial charge in [0.1, 0.15) is 6.10 Å². The largest absolute Gasteiger partial charge is 0.383 e. The fraction of sp³-hybridized carbons (Fsp3) is 0.417. The molecule has 3 N–H and O–H groups in total. The van der Waals surface area contributed by atoms with Crippen LogP contribution in [0.4, 0.5) is 11.4 Å². The number of aliphatic hydroxyl groups excluding tert-OH is 1. The molecule has 2 aliphatic rings. The van der Waals surface area contributed by atoms with Gasteiger partial charge >= 0.3 is 0 Å². The number of unbranched alkanes of at least 4 members (excludes halogenated alkanes) is 1. The lowest BCUT2D eigenvalue weighted by Crippen LogP contribution is -2.46. The molecular weight excluding hydrogens is 392 g/mol. The zero-order valence-electron chi connectivity index (χ0n) is 18.1. The summed E-state index contributed by atoms with van der Waals surface area (Å²) in [4.78, 5) is 21.1. The van der Waals surface area contributed by atoms with E-state index in [4.69, 9.17) is 4.99 Å². The predicted molar refractivity (Wildman–Crippen MR) is 121 cm³/mol. The average molecular weight is 423 g/mol. The maximum absolute atomic E-state index is 12.4. The Kier molecular flexibility index (Phi) is 5.98. The highest BCUT2D eigenvalue weighted by Crippen LogP contribution is 2.38.